The minimum atomic E-state index is -3.78. The summed E-state index contributed by atoms with van der Waals surface area (Å²) in [4.78, 5) is 12.5. The zero-order valence-corrected chi connectivity index (χ0v) is 17.0. The molecule has 7 heteroatoms. The third-order valence-electron chi connectivity index (χ3n) is 4.28. The van der Waals surface area contributed by atoms with Crippen LogP contribution in [0.15, 0.2) is 35.2 Å². The zero-order valence-electron chi connectivity index (χ0n) is 16.2. The molecule has 0 aliphatic heterocycles. The van der Waals surface area contributed by atoms with Crippen molar-refractivity contribution in [2.45, 2.75) is 39.0 Å². The number of anilines is 1. The van der Waals surface area contributed by atoms with E-state index in [1.54, 1.807) is 39.0 Å². The monoisotopic (exact) mass is 389 g/mol. The number of amides is 1. The Hall–Kier alpha value is -2.38. The van der Waals surface area contributed by atoms with Gasteiger partial charge in [-0.3, -0.25) is 9.52 Å². The molecule has 0 aromatic heterocycles. The van der Waals surface area contributed by atoms with E-state index in [1.807, 2.05) is 19.1 Å². The number of sulfonamides is 1. The molecule has 0 aliphatic carbocycles. The number of carbonyl (C=O) groups excluding carboxylic acids is 1. The van der Waals surface area contributed by atoms with Gasteiger partial charge in [-0.1, -0.05) is 23.8 Å². The summed E-state index contributed by atoms with van der Waals surface area (Å²) in [6, 6.07) is 8.65. The maximum Gasteiger partial charge on any atom is 0.262 e. The van der Waals surface area contributed by atoms with E-state index in [2.05, 4.69) is 10.0 Å². The summed E-state index contributed by atoms with van der Waals surface area (Å²) in [5, 5.41) is 2.77. The maximum absolute atomic E-state index is 13.0. The minimum Gasteiger partial charge on any atom is -0.352 e. The summed E-state index contributed by atoms with van der Waals surface area (Å²) in [6.07, 6.45) is 0.684. The molecule has 0 atom stereocenters. The van der Waals surface area contributed by atoms with Gasteiger partial charge in [-0.05, 0) is 69.5 Å². The molecule has 0 saturated carbocycles. The Morgan fingerprint density at radius 2 is 1.63 bits per heavy atom. The van der Waals surface area contributed by atoms with Gasteiger partial charge < -0.3 is 11.1 Å². The highest BCUT2D eigenvalue weighted by Crippen LogP contribution is 2.26. The second-order valence-corrected chi connectivity index (χ2v) is 8.38. The normalized spacial score (nSPS) is 11.3. The van der Waals surface area contributed by atoms with Gasteiger partial charge in [0.05, 0.1) is 10.6 Å². The van der Waals surface area contributed by atoms with E-state index < -0.39 is 10.0 Å². The van der Waals surface area contributed by atoms with Crippen molar-refractivity contribution in [1.82, 2.24) is 5.32 Å². The van der Waals surface area contributed by atoms with Crippen LogP contribution in [0.2, 0.25) is 0 Å². The van der Waals surface area contributed by atoms with Crippen molar-refractivity contribution < 1.29 is 13.2 Å². The van der Waals surface area contributed by atoms with E-state index in [9.17, 15) is 13.2 Å². The van der Waals surface area contributed by atoms with E-state index >= 15 is 0 Å². The lowest BCUT2D eigenvalue weighted by Crippen LogP contribution is -2.26. The summed E-state index contributed by atoms with van der Waals surface area (Å²) < 4.78 is 28.6. The lowest BCUT2D eigenvalue weighted by Gasteiger charge is -2.16. The fourth-order valence-corrected chi connectivity index (χ4v) is 4.64. The first-order valence-corrected chi connectivity index (χ1v) is 10.3. The lowest BCUT2D eigenvalue weighted by atomic mass is 10.1. The SMILES string of the molecule is Cc1cc(C)c(S(=O)(=O)Nc2cc(C(=O)NCCCN)ccc2C)c(C)c1. The molecule has 0 unspecified atom stereocenters. The molecule has 0 bridgehead atoms. The van der Waals surface area contributed by atoms with Gasteiger partial charge in [0.1, 0.15) is 0 Å². The molecule has 6 nitrogen and oxygen atoms in total. The number of hydrogen-bond acceptors (Lipinski definition) is 4. The van der Waals surface area contributed by atoms with Crippen molar-refractivity contribution in [3.63, 3.8) is 0 Å². The summed E-state index contributed by atoms with van der Waals surface area (Å²) in [5.74, 6) is -0.258. The highest BCUT2D eigenvalue weighted by atomic mass is 32.2. The number of nitrogens with two attached hydrogens (primary N) is 1. The van der Waals surface area contributed by atoms with Crippen LogP contribution in [0.4, 0.5) is 5.69 Å². The van der Waals surface area contributed by atoms with E-state index in [0.29, 0.717) is 41.9 Å². The average molecular weight is 390 g/mol. The molecular formula is C20H27N3O3S. The van der Waals surface area contributed by atoms with E-state index in [0.717, 1.165) is 11.1 Å². The molecule has 0 fully saturated rings. The predicted octanol–water partition coefficient (Wildman–Crippen LogP) is 2.80. The average Bonchev–Trinajstić information content (AvgIpc) is 2.55. The molecule has 146 valence electrons. The second-order valence-electron chi connectivity index (χ2n) is 6.76. The molecular weight excluding hydrogens is 362 g/mol. The Morgan fingerprint density at radius 1 is 1.00 bits per heavy atom. The molecule has 2 aromatic rings. The summed E-state index contributed by atoms with van der Waals surface area (Å²) in [6.45, 7) is 8.26. The van der Waals surface area contributed by atoms with Crippen LogP contribution in [0.25, 0.3) is 0 Å². The lowest BCUT2D eigenvalue weighted by molar-refractivity contribution is 0.0953. The second kappa shape index (κ2) is 8.54. The largest absolute Gasteiger partial charge is 0.352 e. The van der Waals surface area contributed by atoms with Crippen LogP contribution in [-0.4, -0.2) is 27.4 Å². The van der Waals surface area contributed by atoms with E-state index in [4.69, 9.17) is 5.73 Å². The molecule has 0 heterocycles. The number of benzene rings is 2. The van der Waals surface area contributed by atoms with Gasteiger partial charge in [0.25, 0.3) is 15.9 Å². The minimum absolute atomic E-state index is 0.258. The highest BCUT2D eigenvalue weighted by molar-refractivity contribution is 7.92. The molecule has 2 rings (SSSR count). The van der Waals surface area contributed by atoms with Gasteiger partial charge in [0.15, 0.2) is 0 Å². The number of hydrogen-bond donors (Lipinski definition) is 3. The fraction of sp³-hybridized carbons (Fsp3) is 0.350. The Morgan fingerprint density at radius 3 is 2.22 bits per heavy atom. The van der Waals surface area contributed by atoms with Gasteiger partial charge in [-0.15, -0.1) is 0 Å². The van der Waals surface area contributed by atoms with Crippen LogP contribution in [-0.2, 0) is 10.0 Å². The first kappa shape index (κ1) is 20.9. The van der Waals surface area contributed by atoms with Crippen molar-refractivity contribution >= 4 is 21.6 Å². The number of rotatable bonds is 7. The number of nitrogens with one attached hydrogen (secondary N) is 2. The zero-order chi connectivity index (χ0) is 20.2. The highest BCUT2D eigenvalue weighted by Gasteiger charge is 2.21. The molecule has 1 amide bonds. The quantitative estimate of drug-likeness (QED) is 0.634. The third kappa shape index (κ3) is 5.08. The van der Waals surface area contributed by atoms with Crippen LogP contribution < -0.4 is 15.8 Å². The first-order valence-electron chi connectivity index (χ1n) is 8.85. The van der Waals surface area contributed by atoms with Gasteiger partial charge in [-0.25, -0.2) is 8.42 Å². The van der Waals surface area contributed by atoms with Crippen molar-refractivity contribution in [1.29, 1.82) is 0 Å². The van der Waals surface area contributed by atoms with Gasteiger partial charge in [0.2, 0.25) is 0 Å². The summed E-state index contributed by atoms with van der Waals surface area (Å²) in [7, 11) is -3.78. The molecule has 2 aromatic carbocycles. The van der Waals surface area contributed by atoms with Gasteiger partial charge in [-0.2, -0.15) is 0 Å². The van der Waals surface area contributed by atoms with Crippen LogP contribution in [0, 0.1) is 27.7 Å². The molecule has 4 N–H and O–H groups in total. The van der Waals surface area contributed by atoms with Crippen molar-refractivity contribution in [3.05, 3.63) is 58.1 Å². The maximum atomic E-state index is 13.0. The van der Waals surface area contributed by atoms with Crippen molar-refractivity contribution in [2.75, 3.05) is 17.8 Å². The van der Waals surface area contributed by atoms with Gasteiger partial charge in [0, 0.05) is 12.1 Å². The fourth-order valence-electron chi connectivity index (χ4n) is 3.07. The van der Waals surface area contributed by atoms with Crippen LogP contribution >= 0.6 is 0 Å². The van der Waals surface area contributed by atoms with E-state index in [1.165, 1.54) is 0 Å². The smallest absolute Gasteiger partial charge is 0.262 e. The van der Waals surface area contributed by atoms with E-state index in [-0.39, 0.29) is 10.8 Å². The summed E-state index contributed by atoms with van der Waals surface area (Å²) >= 11 is 0. The predicted molar refractivity (Wildman–Crippen MR) is 109 cm³/mol. The Bertz CT molecular complexity index is 930. The van der Waals surface area contributed by atoms with Crippen LogP contribution in [0.3, 0.4) is 0 Å². The summed E-state index contributed by atoms with van der Waals surface area (Å²) in [5.41, 5.74) is 9.34. The Labute approximate surface area is 161 Å². The molecule has 0 radical (unpaired) electrons. The topological polar surface area (TPSA) is 101 Å². The van der Waals surface area contributed by atoms with Crippen molar-refractivity contribution in [2.24, 2.45) is 5.73 Å². The van der Waals surface area contributed by atoms with Crippen molar-refractivity contribution in [3.8, 4) is 0 Å². The Balaban J connectivity index is 2.34. The molecule has 27 heavy (non-hydrogen) atoms. The molecule has 0 saturated heterocycles. The molecule has 0 spiro atoms. The number of carbonyl (C=O) groups is 1. The van der Waals surface area contributed by atoms with Gasteiger partial charge >= 0.3 is 0 Å². The first-order chi connectivity index (χ1) is 12.7. The number of aryl methyl sites for hydroxylation is 4. The standard InChI is InChI=1S/C20H27N3O3S/c1-13-10-15(3)19(16(4)11-13)27(25,26)23-18-12-17(7-6-14(18)2)20(24)22-9-5-8-21/h6-7,10-12,23H,5,8-9,21H2,1-4H3,(H,22,24). The Kier molecular flexibility index (Phi) is 6.62. The van der Waals surface area contributed by atoms with Crippen LogP contribution in [0.1, 0.15) is 39.0 Å². The molecule has 0 aliphatic rings. The third-order valence-corrected chi connectivity index (χ3v) is 5.95. The van der Waals surface area contributed by atoms with Crippen LogP contribution in [0.5, 0.6) is 0 Å².